The van der Waals surface area contributed by atoms with Gasteiger partial charge >= 0.3 is 5.97 Å². The first kappa shape index (κ1) is 30.4. The molecule has 2 amide bonds. The SMILES string of the molecule is CCOc1ccc(CCC(=O)N2CCC(CC(=O)N[C@@H](Cc3ccc(C(C=NC)=CN)cc3)C(=O)O)CC2)cc1. The zero-order valence-corrected chi connectivity index (χ0v) is 23.3. The van der Waals surface area contributed by atoms with Crippen LogP contribution in [0, 0.1) is 5.92 Å². The van der Waals surface area contributed by atoms with Crippen molar-refractivity contribution in [2.45, 2.75) is 51.5 Å². The van der Waals surface area contributed by atoms with Crippen LogP contribution in [0.1, 0.15) is 49.3 Å². The number of ether oxygens (including phenoxy) is 1. The number of rotatable bonds is 13. The fourth-order valence-corrected chi connectivity index (χ4v) is 4.85. The molecule has 1 fully saturated rings. The average molecular weight is 549 g/mol. The molecule has 1 heterocycles. The molecule has 2 aromatic carbocycles. The maximum atomic E-state index is 12.7. The van der Waals surface area contributed by atoms with E-state index in [-0.39, 0.29) is 30.6 Å². The van der Waals surface area contributed by atoms with Gasteiger partial charge < -0.3 is 25.8 Å². The van der Waals surface area contributed by atoms with Gasteiger partial charge in [0.05, 0.1) is 6.61 Å². The monoisotopic (exact) mass is 548 g/mol. The van der Waals surface area contributed by atoms with Gasteiger partial charge in [0.2, 0.25) is 11.8 Å². The molecule has 1 aliphatic rings. The average Bonchev–Trinajstić information content (AvgIpc) is 2.96. The van der Waals surface area contributed by atoms with Crippen LogP contribution in [-0.4, -0.2) is 66.8 Å². The molecular weight excluding hydrogens is 508 g/mol. The number of carbonyl (C=O) groups excluding carboxylic acids is 2. The van der Waals surface area contributed by atoms with E-state index >= 15 is 0 Å². The van der Waals surface area contributed by atoms with Crippen LogP contribution in [0.2, 0.25) is 0 Å². The van der Waals surface area contributed by atoms with Crippen LogP contribution in [0.25, 0.3) is 5.57 Å². The largest absolute Gasteiger partial charge is 0.494 e. The lowest BCUT2D eigenvalue weighted by atomic mass is 9.92. The summed E-state index contributed by atoms with van der Waals surface area (Å²) in [7, 11) is 1.66. The third kappa shape index (κ3) is 9.25. The van der Waals surface area contributed by atoms with E-state index in [4.69, 9.17) is 10.5 Å². The van der Waals surface area contributed by atoms with Crippen molar-refractivity contribution >= 4 is 29.6 Å². The maximum Gasteiger partial charge on any atom is 0.326 e. The molecule has 1 atom stereocenters. The normalized spacial score (nSPS) is 15.2. The minimum atomic E-state index is -1.08. The summed E-state index contributed by atoms with van der Waals surface area (Å²) < 4.78 is 5.46. The summed E-state index contributed by atoms with van der Waals surface area (Å²) in [5.41, 5.74) is 9.16. The van der Waals surface area contributed by atoms with Crippen LogP contribution in [0.5, 0.6) is 5.75 Å². The number of hydrogen-bond donors (Lipinski definition) is 3. The van der Waals surface area contributed by atoms with E-state index in [2.05, 4.69) is 10.3 Å². The van der Waals surface area contributed by atoms with Gasteiger partial charge in [-0.1, -0.05) is 36.4 Å². The molecule has 9 heteroatoms. The van der Waals surface area contributed by atoms with Gasteiger partial charge in [0.1, 0.15) is 11.8 Å². The summed E-state index contributed by atoms with van der Waals surface area (Å²) in [5.74, 6) is -0.303. The summed E-state index contributed by atoms with van der Waals surface area (Å²) in [4.78, 5) is 43.1. The van der Waals surface area contributed by atoms with Gasteiger partial charge in [0, 0.05) is 57.4 Å². The minimum absolute atomic E-state index is 0.116. The number of aliphatic carboxylic acids is 1. The smallest absolute Gasteiger partial charge is 0.326 e. The molecular formula is C31H40N4O5. The molecule has 1 aliphatic heterocycles. The molecule has 0 aromatic heterocycles. The molecule has 40 heavy (non-hydrogen) atoms. The lowest BCUT2D eigenvalue weighted by Crippen LogP contribution is -2.44. The molecule has 9 nitrogen and oxygen atoms in total. The zero-order chi connectivity index (χ0) is 28.9. The lowest BCUT2D eigenvalue weighted by Gasteiger charge is -2.32. The predicted octanol–water partition coefficient (Wildman–Crippen LogP) is 3.46. The van der Waals surface area contributed by atoms with Crippen molar-refractivity contribution in [3.8, 4) is 5.75 Å². The third-order valence-corrected chi connectivity index (χ3v) is 7.11. The van der Waals surface area contributed by atoms with Gasteiger partial charge in [-0.15, -0.1) is 0 Å². The number of allylic oxidation sites excluding steroid dienone is 1. The Balaban J connectivity index is 1.43. The Morgan fingerprint density at radius 3 is 2.33 bits per heavy atom. The number of amides is 2. The number of carboxylic acids is 1. The van der Waals surface area contributed by atoms with Crippen molar-refractivity contribution < 1.29 is 24.2 Å². The summed E-state index contributed by atoms with van der Waals surface area (Å²) in [6.07, 6.45) is 6.09. The second-order valence-corrected chi connectivity index (χ2v) is 9.97. The molecule has 0 bridgehead atoms. The summed E-state index contributed by atoms with van der Waals surface area (Å²) in [6.45, 7) is 3.78. The fourth-order valence-electron chi connectivity index (χ4n) is 4.85. The van der Waals surface area contributed by atoms with E-state index in [1.807, 2.05) is 60.4 Å². The number of benzene rings is 2. The van der Waals surface area contributed by atoms with Crippen molar-refractivity contribution in [1.82, 2.24) is 10.2 Å². The molecule has 1 saturated heterocycles. The van der Waals surface area contributed by atoms with Crippen LogP contribution >= 0.6 is 0 Å². The number of likely N-dealkylation sites (tertiary alicyclic amines) is 1. The quantitative estimate of drug-likeness (QED) is 0.328. The van der Waals surface area contributed by atoms with E-state index < -0.39 is 12.0 Å². The Morgan fingerprint density at radius 1 is 1.10 bits per heavy atom. The summed E-state index contributed by atoms with van der Waals surface area (Å²) in [5, 5.41) is 12.4. The first-order chi connectivity index (χ1) is 19.3. The van der Waals surface area contributed by atoms with Crippen molar-refractivity contribution in [3.05, 3.63) is 71.4 Å². The zero-order valence-electron chi connectivity index (χ0n) is 23.3. The van der Waals surface area contributed by atoms with Crippen molar-refractivity contribution in [2.24, 2.45) is 16.6 Å². The lowest BCUT2D eigenvalue weighted by molar-refractivity contribution is -0.142. The number of piperidine rings is 1. The molecule has 2 aromatic rings. The standard InChI is InChI=1S/C31H40N4O5/c1-3-40-27-11-6-22(7-12-27)8-13-30(37)35-16-14-24(15-17-35)19-29(36)34-28(31(38)39)18-23-4-9-25(10-5-23)26(20-32)21-33-2/h4-7,9-12,20-21,24,28H,3,8,13-19,32H2,1-2H3,(H,34,36)(H,38,39)/t28-/m0/s1. The van der Waals surface area contributed by atoms with Crippen molar-refractivity contribution in [3.63, 3.8) is 0 Å². The molecule has 4 N–H and O–H groups in total. The predicted molar refractivity (Wildman–Crippen MR) is 156 cm³/mol. The highest BCUT2D eigenvalue weighted by Gasteiger charge is 2.26. The van der Waals surface area contributed by atoms with Gasteiger partial charge in [0.15, 0.2) is 0 Å². The number of hydrogen-bond acceptors (Lipinski definition) is 6. The van der Waals surface area contributed by atoms with Crippen LogP contribution in [-0.2, 0) is 27.2 Å². The molecule has 0 spiro atoms. The molecule has 3 rings (SSSR count). The number of carbonyl (C=O) groups is 3. The molecule has 214 valence electrons. The first-order valence-electron chi connectivity index (χ1n) is 13.8. The molecule has 0 aliphatic carbocycles. The third-order valence-electron chi connectivity index (χ3n) is 7.11. The number of aryl methyl sites for hydroxylation is 1. The minimum Gasteiger partial charge on any atom is -0.494 e. The molecule has 0 saturated carbocycles. The highest BCUT2D eigenvalue weighted by molar-refractivity contribution is 6.09. The van der Waals surface area contributed by atoms with Crippen molar-refractivity contribution in [2.75, 3.05) is 26.7 Å². The van der Waals surface area contributed by atoms with Gasteiger partial charge in [-0.3, -0.25) is 14.6 Å². The Labute approximate surface area is 236 Å². The van der Waals surface area contributed by atoms with Crippen LogP contribution in [0.15, 0.2) is 59.7 Å². The highest BCUT2D eigenvalue weighted by Crippen LogP contribution is 2.22. The van der Waals surface area contributed by atoms with Gasteiger partial charge in [0.25, 0.3) is 0 Å². The maximum absolute atomic E-state index is 12.7. The number of aliphatic imine (C=N–C) groups is 1. The molecule has 0 unspecified atom stereocenters. The number of nitrogens with zero attached hydrogens (tertiary/aromatic N) is 2. The number of nitrogens with two attached hydrogens (primary N) is 1. The van der Waals surface area contributed by atoms with Crippen LogP contribution < -0.4 is 15.8 Å². The second-order valence-electron chi connectivity index (χ2n) is 9.97. The Bertz CT molecular complexity index is 1180. The van der Waals surface area contributed by atoms with E-state index in [1.54, 1.807) is 13.3 Å². The Morgan fingerprint density at radius 2 is 1.75 bits per heavy atom. The van der Waals surface area contributed by atoms with Crippen LogP contribution in [0.3, 0.4) is 0 Å². The van der Waals surface area contributed by atoms with Crippen LogP contribution in [0.4, 0.5) is 0 Å². The summed E-state index contributed by atoms with van der Waals surface area (Å²) >= 11 is 0. The summed E-state index contributed by atoms with van der Waals surface area (Å²) in [6, 6.07) is 14.1. The van der Waals surface area contributed by atoms with E-state index in [0.29, 0.717) is 32.5 Å². The highest BCUT2D eigenvalue weighted by atomic mass is 16.5. The molecule has 0 radical (unpaired) electrons. The van der Waals surface area contributed by atoms with E-state index in [1.165, 1.54) is 6.20 Å². The van der Waals surface area contributed by atoms with Gasteiger partial charge in [-0.2, -0.15) is 0 Å². The first-order valence-corrected chi connectivity index (χ1v) is 13.8. The second kappa shape index (κ2) is 15.5. The van der Waals surface area contributed by atoms with Gasteiger partial charge in [-0.25, -0.2) is 4.79 Å². The van der Waals surface area contributed by atoms with E-state index in [0.717, 1.165) is 40.9 Å². The van der Waals surface area contributed by atoms with Gasteiger partial charge in [-0.05, 0) is 60.9 Å². The topological polar surface area (TPSA) is 134 Å². The van der Waals surface area contributed by atoms with Crippen molar-refractivity contribution in [1.29, 1.82) is 0 Å². The fraction of sp³-hybridized carbons (Fsp3) is 0.419. The number of nitrogens with one attached hydrogen (secondary N) is 1. The Kier molecular flexibility index (Phi) is 11.7. The van der Waals surface area contributed by atoms with E-state index in [9.17, 15) is 19.5 Å². The Hall–Kier alpha value is -4.14. The number of carboxylic acid groups (broad SMARTS) is 1.